The number of carbonyl (C=O) groups is 3. The van der Waals surface area contributed by atoms with E-state index < -0.39 is 29.8 Å². The second-order valence-corrected chi connectivity index (χ2v) is 6.64. The Kier molecular flexibility index (Phi) is 4.32. The molecule has 0 radical (unpaired) electrons. The summed E-state index contributed by atoms with van der Waals surface area (Å²) in [5.41, 5.74) is 2.74. The van der Waals surface area contributed by atoms with E-state index in [0.29, 0.717) is 17.6 Å². The molecule has 2 unspecified atom stereocenters. The van der Waals surface area contributed by atoms with Gasteiger partial charge in [0.2, 0.25) is 11.8 Å². The summed E-state index contributed by atoms with van der Waals surface area (Å²) in [4.78, 5) is 35.6. The summed E-state index contributed by atoms with van der Waals surface area (Å²) in [5.74, 6) is -2.39. The van der Waals surface area contributed by atoms with Gasteiger partial charge in [0.15, 0.2) is 0 Å². The Hall–Kier alpha value is -3.28. The van der Waals surface area contributed by atoms with E-state index in [-0.39, 0.29) is 12.2 Å². The maximum atomic E-state index is 13.9. The molecule has 0 bridgehead atoms. The van der Waals surface area contributed by atoms with E-state index in [2.05, 4.69) is 5.32 Å². The molecule has 2 aliphatic heterocycles. The van der Waals surface area contributed by atoms with Gasteiger partial charge in [0, 0.05) is 11.6 Å². The fourth-order valence-corrected chi connectivity index (χ4v) is 3.57. The van der Waals surface area contributed by atoms with Gasteiger partial charge in [0.05, 0.1) is 12.3 Å². The van der Waals surface area contributed by atoms with E-state index in [9.17, 15) is 18.8 Å². The summed E-state index contributed by atoms with van der Waals surface area (Å²) in [6.07, 6.45) is 0.916. The van der Waals surface area contributed by atoms with Crippen LogP contribution in [0.1, 0.15) is 12.0 Å². The summed E-state index contributed by atoms with van der Waals surface area (Å²) < 4.78 is 19.1. The molecule has 1 fully saturated rings. The minimum atomic E-state index is -0.753. The van der Waals surface area contributed by atoms with Crippen LogP contribution >= 0.6 is 0 Å². The lowest BCUT2D eigenvalue weighted by molar-refractivity contribution is -0.155. The number of nitrogens with one attached hydrogen (secondary N) is 1. The third-order valence-corrected chi connectivity index (χ3v) is 4.82. The van der Waals surface area contributed by atoms with Gasteiger partial charge in [-0.05, 0) is 29.2 Å². The number of imide groups is 1. The molecule has 2 heterocycles. The highest BCUT2D eigenvalue weighted by Gasteiger charge is 2.43. The summed E-state index contributed by atoms with van der Waals surface area (Å²) in [5, 5.41) is 2.29. The lowest BCUT2D eigenvalue weighted by Crippen LogP contribution is -2.52. The molecule has 0 spiro atoms. The molecule has 2 aromatic carbocycles. The van der Waals surface area contributed by atoms with Gasteiger partial charge in [0.25, 0.3) is 0 Å². The molecule has 0 aromatic heterocycles. The van der Waals surface area contributed by atoms with Crippen LogP contribution < -0.4 is 5.32 Å². The van der Waals surface area contributed by atoms with Crippen LogP contribution in [0.4, 0.5) is 4.39 Å². The van der Waals surface area contributed by atoms with Gasteiger partial charge in [-0.1, -0.05) is 42.5 Å². The second-order valence-electron chi connectivity index (χ2n) is 6.64. The van der Waals surface area contributed by atoms with Gasteiger partial charge in [-0.25, -0.2) is 9.18 Å². The fraction of sp³-hybridized carbons (Fsp3) is 0.190. The first-order chi connectivity index (χ1) is 13.0. The molecular weight excluding hydrogens is 349 g/mol. The molecule has 6 heteroatoms. The number of piperidine rings is 1. The van der Waals surface area contributed by atoms with Crippen molar-refractivity contribution in [2.24, 2.45) is 5.92 Å². The number of fused-ring (bicyclic) bond motifs is 1. The average Bonchev–Trinajstić information content (AvgIpc) is 2.62. The van der Waals surface area contributed by atoms with Gasteiger partial charge < -0.3 is 4.74 Å². The first-order valence-electron chi connectivity index (χ1n) is 8.60. The molecular formula is C21H16FNO4. The highest BCUT2D eigenvalue weighted by atomic mass is 19.1. The largest absolute Gasteiger partial charge is 0.457 e. The highest BCUT2D eigenvalue weighted by molar-refractivity contribution is 6.02. The zero-order valence-corrected chi connectivity index (χ0v) is 14.3. The molecule has 4 rings (SSSR count). The van der Waals surface area contributed by atoms with Crippen LogP contribution in [0.5, 0.6) is 0 Å². The fourth-order valence-electron chi connectivity index (χ4n) is 3.57. The Balaban J connectivity index is 1.58. The highest BCUT2D eigenvalue weighted by Crippen LogP contribution is 2.31. The van der Waals surface area contributed by atoms with Crippen molar-refractivity contribution in [3.8, 4) is 11.1 Å². The van der Waals surface area contributed by atoms with Crippen molar-refractivity contribution in [2.45, 2.75) is 18.9 Å². The van der Waals surface area contributed by atoms with Crippen molar-refractivity contribution in [2.75, 3.05) is 0 Å². The predicted octanol–water partition coefficient (Wildman–Crippen LogP) is 2.55. The molecule has 0 saturated carbocycles. The van der Waals surface area contributed by atoms with Gasteiger partial charge in [-0.15, -0.1) is 0 Å². The van der Waals surface area contributed by atoms with E-state index >= 15 is 0 Å². The normalized spacial score (nSPS) is 21.8. The Labute approximate surface area is 154 Å². The third-order valence-electron chi connectivity index (χ3n) is 4.82. The number of benzene rings is 2. The van der Waals surface area contributed by atoms with Crippen molar-refractivity contribution in [1.29, 1.82) is 0 Å². The number of esters is 1. The number of carbonyl (C=O) groups excluding carboxylic acids is 3. The molecule has 136 valence electrons. The SMILES string of the molecule is O=C1CC2OC(=O)C=C(Cc3ccc(-c4ccccc4F)cc3)C2C(=O)N1. The van der Waals surface area contributed by atoms with Crippen molar-refractivity contribution in [1.82, 2.24) is 5.32 Å². The predicted molar refractivity (Wildman–Crippen MR) is 94.8 cm³/mol. The first-order valence-corrected chi connectivity index (χ1v) is 8.60. The summed E-state index contributed by atoms with van der Waals surface area (Å²) >= 11 is 0. The van der Waals surface area contributed by atoms with Crippen molar-refractivity contribution >= 4 is 17.8 Å². The lowest BCUT2D eigenvalue weighted by atomic mass is 9.82. The van der Waals surface area contributed by atoms with Crippen LogP contribution in [0.15, 0.2) is 60.2 Å². The number of hydrogen-bond donors (Lipinski definition) is 1. The van der Waals surface area contributed by atoms with Crippen LogP contribution in [0.2, 0.25) is 0 Å². The maximum Gasteiger partial charge on any atom is 0.331 e. The second kappa shape index (κ2) is 6.79. The Morgan fingerprint density at radius 3 is 2.52 bits per heavy atom. The van der Waals surface area contributed by atoms with Gasteiger partial charge in [-0.3, -0.25) is 14.9 Å². The maximum absolute atomic E-state index is 13.9. The monoisotopic (exact) mass is 365 g/mol. The molecule has 2 aliphatic rings. The standard InChI is InChI=1S/C21H16FNO4/c22-16-4-2-1-3-15(16)13-7-5-12(6-8-13)9-14-10-19(25)27-17-11-18(24)23-21(26)20(14)17/h1-8,10,17,20H,9,11H2,(H,23,24,26). The van der Waals surface area contributed by atoms with Crippen molar-refractivity contribution in [3.63, 3.8) is 0 Å². The van der Waals surface area contributed by atoms with Gasteiger partial charge in [0.1, 0.15) is 11.9 Å². The summed E-state index contributed by atoms with van der Waals surface area (Å²) in [6.45, 7) is 0. The van der Waals surface area contributed by atoms with Gasteiger partial charge in [-0.2, -0.15) is 0 Å². The zero-order chi connectivity index (χ0) is 19.0. The smallest absolute Gasteiger partial charge is 0.331 e. The average molecular weight is 365 g/mol. The molecule has 27 heavy (non-hydrogen) atoms. The third kappa shape index (κ3) is 3.38. The van der Waals surface area contributed by atoms with Crippen LogP contribution in [-0.4, -0.2) is 23.9 Å². The number of rotatable bonds is 3. The lowest BCUT2D eigenvalue weighted by Gasteiger charge is -2.34. The van der Waals surface area contributed by atoms with Crippen LogP contribution in [-0.2, 0) is 25.5 Å². The van der Waals surface area contributed by atoms with Gasteiger partial charge >= 0.3 is 5.97 Å². The zero-order valence-electron chi connectivity index (χ0n) is 14.3. The Bertz CT molecular complexity index is 964. The Morgan fingerprint density at radius 2 is 1.78 bits per heavy atom. The van der Waals surface area contributed by atoms with Crippen molar-refractivity contribution < 1.29 is 23.5 Å². The summed E-state index contributed by atoms with van der Waals surface area (Å²) in [6, 6.07) is 13.8. The molecule has 5 nitrogen and oxygen atoms in total. The van der Waals surface area contributed by atoms with Crippen LogP contribution in [0.25, 0.3) is 11.1 Å². The van der Waals surface area contributed by atoms with E-state index in [1.165, 1.54) is 12.1 Å². The molecule has 0 aliphatic carbocycles. The minimum Gasteiger partial charge on any atom is -0.457 e. The van der Waals surface area contributed by atoms with Crippen LogP contribution in [0, 0.1) is 11.7 Å². The first kappa shape index (κ1) is 17.1. The molecule has 1 N–H and O–H groups in total. The van der Waals surface area contributed by atoms with Crippen LogP contribution in [0.3, 0.4) is 0 Å². The summed E-state index contributed by atoms with van der Waals surface area (Å²) in [7, 11) is 0. The number of amides is 2. The molecule has 2 amide bonds. The Morgan fingerprint density at radius 1 is 1.04 bits per heavy atom. The number of halogens is 1. The minimum absolute atomic E-state index is 0.0221. The molecule has 2 aromatic rings. The van der Waals surface area contributed by atoms with E-state index in [4.69, 9.17) is 4.74 Å². The quantitative estimate of drug-likeness (QED) is 0.670. The number of hydrogen-bond acceptors (Lipinski definition) is 4. The number of ether oxygens (including phenoxy) is 1. The van der Waals surface area contributed by atoms with Crippen molar-refractivity contribution in [3.05, 3.63) is 71.6 Å². The van der Waals surface area contributed by atoms with E-state index in [1.54, 1.807) is 30.3 Å². The van der Waals surface area contributed by atoms with E-state index in [1.807, 2.05) is 12.1 Å². The molecule has 2 atom stereocenters. The molecule has 1 saturated heterocycles. The topological polar surface area (TPSA) is 72.5 Å². The van der Waals surface area contributed by atoms with E-state index in [0.717, 1.165) is 11.1 Å².